The number of likely N-dealkylation sites (tertiary alicyclic amines) is 1. The van der Waals surface area contributed by atoms with Crippen LogP contribution in [0.3, 0.4) is 0 Å². The van der Waals surface area contributed by atoms with E-state index in [1.165, 1.54) is 4.90 Å². The molecule has 6 heteroatoms. The summed E-state index contributed by atoms with van der Waals surface area (Å²) >= 11 is 0. The Labute approximate surface area is 106 Å². The predicted octanol–water partition coefficient (Wildman–Crippen LogP) is -0.579. The molecule has 2 heterocycles. The highest BCUT2D eigenvalue weighted by Gasteiger charge is 2.40. The third-order valence-electron chi connectivity index (χ3n) is 3.88. The molecule has 102 valence electrons. The fourth-order valence-electron chi connectivity index (χ4n) is 2.92. The number of nitrogens with one attached hydrogen (secondary N) is 1. The minimum absolute atomic E-state index is 0.0217. The van der Waals surface area contributed by atoms with Gasteiger partial charge in [0.15, 0.2) is 0 Å². The van der Waals surface area contributed by atoms with E-state index in [4.69, 9.17) is 0 Å². The molecule has 18 heavy (non-hydrogen) atoms. The van der Waals surface area contributed by atoms with Crippen molar-refractivity contribution in [2.75, 3.05) is 13.1 Å². The van der Waals surface area contributed by atoms with Crippen LogP contribution in [0.4, 0.5) is 0 Å². The second-order valence-corrected chi connectivity index (χ2v) is 5.28. The molecular weight excluding hydrogens is 236 g/mol. The minimum Gasteiger partial charge on any atom is -0.480 e. The molecule has 0 aromatic rings. The van der Waals surface area contributed by atoms with Gasteiger partial charge in [-0.25, -0.2) is 4.79 Å². The molecule has 0 bridgehead atoms. The lowest BCUT2D eigenvalue weighted by Gasteiger charge is -2.38. The molecular formula is C12H20N2O4. The largest absolute Gasteiger partial charge is 0.480 e. The minimum atomic E-state index is -0.936. The van der Waals surface area contributed by atoms with E-state index < -0.39 is 24.2 Å². The quantitative estimate of drug-likeness (QED) is 0.615. The van der Waals surface area contributed by atoms with Crippen LogP contribution in [0.1, 0.15) is 26.2 Å². The van der Waals surface area contributed by atoms with Gasteiger partial charge in [-0.1, -0.05) is 6.92 Å². The van der Waals surface area contributed by atoms with E-state index in [1.807, 2.05) is 6.92 Å². The Morgan fingerprint density at radius 2 is 2.11 bits per heavy atom. The summed E-state index contributed by atoms with van der Waals surface area (Å²) in [5.74, 6) is -1.15. The average Bonchev–Trinajstić information content (AvgIpc) is 2.74. The number of carboxylic acid groups (broad SMARTS) is 1. The fraction of sp³-hybridized carbons (Fsp3) is 0.833. The second-order valence-electron chi connectivity index (χ2n) is 5.28. The Balaban J connectivity index is 2.09. The van der Waals surface area contributed by atoms with Crippen LogP contribution < -0.4 is 5.32 Å². The molecule has 0 radical (unpaired) electrons. The third-order valence-corrected chi connectivity index (χ3v) is 3.88. The first kappa shape index (κ1) is 13.3. The number of aliphatic hydroxyl groups is 1. The molecule has 6 nitrogen and oxygen atoms in total. The third kappa shape index (κ3) is 2.49. The predicted molar refractivity (Wildman–Crippen MR) is 63.9 cm³/mol. The maximum atomic E-state index is 12.3. The highest BCUT2D eigenvalue weighted by atomic mass is 16.4. The van der Waals surface area contributed by atoms with Crippen molar-refractivity contribution in [3.05, 3.63) is 0 Å². The first-order valence-electron chi connectivity index (χ1n) is 6.45. The van der Waals surface area contributed by atoms with Gasteiger partial charge in [0.05, 0.1) is 12.1 Å². The summed E-state index contributed by atoms with van der Waals surface area (Å²) in [7, 11) is 0. The molecule has 0 aromatic heterocycles. The van der Waals surface area contributed by atoms with Crippen LogP contribution in [0.25, 0.3) is 0 Å². The van der Waals surface area contributed by atoms with E-state index in [0.717, 1.165) is 12.8 Å². The summed E-state index contributed by atoms with van der Waals surface area (Å²) in [6.07, 6.45) is 1.54. The summed E-state index contributed by atoms with van der Waals surface area (Å²) in [5, 5.41) is 21.6. The summed E-state index contributed by atoms with van der Waals surface area (Å²) in [6, 6.07) is -1.17. The average molecular weight is 256 g/mol. The summed E-state index contributed by atoms with van der Waals surface area (Å²) in [6.45, 7) is 2.76. The van der Waals surface area contributed by atoms with E-state index in [1.54, 1.807) is 0 Å². The van der Waals surface area contributed by atoms with E-state index in [-0.39, 0.29) is 11.8 Å². The van der Waals surface area contributed by atoms with Gasteiger partial charge in [0.25, 0.3) is 0 Å². The number of carbonyl (C=O) groups is 2. The number of amides is 1. The van der Waals surface area contributed by atoms with Gasteiger partial charge in [0.1, 0.15) is 6.04 Å². The van der Waals surface area contributed by atoms with E-state index in [9.17, 15) is 19.8 Å². The summed E-state index contributed by atoms with van der Waals surface area (Å²) in [5.41, 5.74) is 0. The lowest BCUT2D eigenvalue weighted by atomic mass is 9.90. The Hall–Kier alpha value is -1.14. The van der Waals surface area contributed by atoms with Gasteiger partial charge in [0, 0.05) is 13.1 Å². The van der Waals surface area contributed by atoms with Gasteiger partial charge in [-0.15, -0.1) is 0 Å². The zero-order valence-corrected chi connectivity index (χ0v) is 10.5. The fourth-order valence-corrected chi connectivity index (χ4v) is 2.92. The topological polar surface area (TPSA) is 89.9 Å². The maximum absolute atomic E-state index is 12.3. The number of hydrogen-bond acceptors (Lipinski definition) is 4. The van der Waals surface area contributed by atoms with Crippen LogP contribution in [0, 0.1) is 5.92 Å². The first-order valence-corrected chi connectivity index (χ1v) is 6.45. The lowest BCUT2D eigenvalue weighted by molar-refractivity contribution is -0.155. The lowest BCUT2D eigenvalue weighted by Crippen LogP contribution is -2.56. The van der Waals surface area contributed by atoms with Gasteiger partial charge in [-0.3, -0.25) is 4.79 Å². The molecule has 2 rings (SSSR count). The van der Waals surface area contributed by atoms with Crippen LogP contribution in [0.2, 0.25) is 0 Å². The molecule has 0 aromatic carbocycles. The Morgan fingerprint density at radius 3 is 2.67 bits per heavy atom. The number of aliphatic carboxylic acids is 1. The number of nitrogens with zero attached hydrogens (tertiary/aromatic N) is 1. The van der Waals surface area contributed by atoms with Crippen molar-refractivity contribution in [3.63, 3.8) is 0 Å². The van der Waals surface area contributed by atoms with E-state index >= 15 is 0 Å². The Kier molecular flexibility index (Phi) is 3.87. The van der Waals surface area contributed by atoms with E-state index in [2.05, 4.69) is 5.32 Å². The van der Waals surface area contributed by atoms with Crippen LogP contribution >= 0.6 is 0 Å². The van der Waals surface area contributed by atoms with Gasteiger partial charge < -0.3 is 20.4 Å². The van der Waals surface area contributed by atoms with Crippen LogP contribution in [-0.2, 0) is 9.59 Å². The van der Waals surface area contributed by atoms with Crippen molar-refractivity contribution in [2.45, 2.75) is 44.4 Å². The number of rotatable bonds is 2. The summed E-state index contributed by atoms with van der Waals surface area (Å²) < 4.78 is 0. The molecule has 2 saturated heterocycles. The molecule has 0 spiro atoms. The van der Waals surface area contributed by atoms with Crippen LogP contribution in [-0.4, -0.2) is 58.3 Å². The Morgan fingerprint density at radius 1 is 1.39 bits per heavy atom. The molecule has 1 amide bonds. The molecule has 4 unspecified atom stereocenters. The van der Waals surface area contributed by atoms with Crippen molar-refractivity contribution in [1.82, 2.24) is 10.2 Å². The van der Waals surface area contributed by atoms with Gasteiger partial charge in [-0.05, 0) is 25.2 Å². The van der Waals surface area contributed by atoms with E-state index in [0.29, 0.717) is 19.5 Å². The highest BCUT2D eigenvalue weighted by molar-refractivity contribution is 5.87. The Bertz CT molecular complexity index is 347. The van der Waals surface area contributed by atoms with Crippen molar-refractivity contribution >= 4 is 11.9 Å². The molecule has 0 saturated carbocycles. The maximum Gasteiger partial charge on any atom is 0.326 e. The van der Waals surface area contributed by atoms with Crippen molar-refractivity contribution in [3.8, 4) is 0 Å². The second kappa shape index (κ2) is 5.24. The number of carboxylic acids is 1. The monoisotopic (exact) mass is 256 g/mol. The number of hydrogen-bond donors (Lipinski definition) is 3. The zero-order chi connectivity index (χ0) is 13.3. The first-order chi connectivity index (χ1) is 8.50. The van der Waals surface area contributed by atoms with Crippen LogP contribution in [0.15, 0.2) is 0 Å². The smallest absolute Gasteiger partial charge is 0.326 e. The van der Waals surface area contributed by atoms with Crippen molar-refractivity contribution in [2.24, 2.45) is 5.92 Å². The molecule has 4 atom stereocenters. The molecule has 3 N–H and O–H groups in total. The standard InChI is InChI=1S/C12H20N2O4/c1-7-3-2-4-14(10(7)12(17)18)11(16)9-5-8(15)6-13-9/h7-10,13,15H,2-6H2,1H3,(H,17,18). The highest BCUT2D eigenvalue weighted by Crippen LogP contribution is 2.25. The normalized spacial score (nSPS) is 36.7. The zero-order valence-electron chi connectivity index (χ0n) is 10.5. The molecule has 2 aliphatic heterocycles. The van der Waals surface area contributed by atoms with Gasteiger partial charge in [-0.2, -0.15) is 0 Å². The SMILES string of the molecule is CC1CCCN(C(=O)C2CC(O)CN2)C1C(=O)O. The molecule has 2 fully saturated rings. The summed E-state index contributed by atoms with van der Waals surface area (Å²) in [4.78, 5) is 25.1. The molecule has 0 aliphatic carbocycles. The van der Waals surface area contributed by atoms with Gasteiger partial charge >= 0.3 is 5.97 Å². The number of carbonyl (C=O) groups excluding carboxylic acids is 1. The number of β-amino-alcohol motifs (C(OH)–C–C–N with tert-alkyl or cyclic N) is 1. The molecule has 2 aliphatic rings. The van der Waals surface area contributed by atoms with Crippen molar-refractivity contribution < 1.29 is 19.8 Å². The number of aliphatic hydroxyl groups excluding tert-OH is 1. The van der Waals surface area contributed by atoms with Crippen LogP contribution in [0.5, 0.6) is 0 Å². The van der Waals surface area contributed by atoms with Gasteiger partial charge in [0.2, 0.25) is 5.91 Å². The number of piperidine rings is 1. The van der Waals surface area contributed by atoms with Crippen molar-refractivity contribution in [1.29, 1.82) is 0 Å².